The van der Waals surface area contributed by atoms with Crippen molar-refractivity contribution in [2.45, 2.75) is 6.42 Å². The van der Waals surface area contributed by atoms with Crippen LogP contribution in [0.4, 0.5) is 0 Å². The van der Waals surface area contributed by atoms with Crippen molar-refractivity contribution in [3.05, 3.63) is 30.2 Å². The van der Waals surface area contributed by atoms with E-state index in [1.807, 2.05) is 18.2 Å². The maximum atomic E-state index is 8.60. The smallest absolute Gasteiger partial charge is 0.177 e. The predicted octanol–water partition coefficient (Wildman–Crippen LogP) is 1.35. The minimum Gasteiger partial charge on any atom is -0.396 e. The molecule has 0 aliphatic heterocycles. The van der Waals surface area contributed by atoms with Crippen LogP contribution in [0.2, 0.25) is 0 Å². The summed E-state index contributed by atoms with van der Waals surface area (Å²) < 4.78 is 0. The van der Waals surface area contributed by atoms with Gasteiger partial charge in [-0.05, 0) is 18.1 Å². The minimum atomic E-state index is 0.177. The van der Waals surface area contributed by atoms with E-state index in [4.69, 9.17) is 5.11 Å². The first-order chi connectivity index (χ1) is 6.90. The predicted molar refractivity (Wildman–Crippen MR) is 54.6 cm³/mol. The van der Waals surface area contributed by atoms with E-state index in [9.17, 15) is 0 Å². The first-order valence-electron chi connectivity index (χ1n) is 4.46. The van der Waals surface area contributed by atoms with Gasteiger partial charge < -0.3 is 10.1 Å². The van der Waals surface area contributed by atoms with Crippen LogP contribution in [-0.4, -0.2) is 26.7 Å². The summed E-state index contributed by atoms with van der Waals surface area (Å²) in [5.41, 5.74) is 2.66. The zero-order chi connectivity index (χ0) is 9.80. The van der Waals surface area contributed by atoms with Crippen molar-refractivity contribution in [2.24, 2.45) is 0 Å². The number of rotatable bonds is 3. The summed E-state index contributed by atoms with van der Waals surface area (Å²) in [7, 11) is 0. The van der Waals surface area contributed by atoms with Gasteiger partial charge in [-0.15, -0.1) is 0 Å². The molecule has 4 heteroatoms. The summed E-state index contributed by atoms with van der Waals surface area (Å²) in [5.74, 6) is 0. The highest BCUT2D eigenvalue weighted by Gasteiger charge is 1.96. The van der Waals surface area contributed by atoms with Crippen LogP contribution in [0.1, 0.15) is 12.0 Å². The summed E-state index contributed by atoms with van der Waals surface area (Å²) in [4.78, 5) is 11.2. The van der Waals surface area contributed by atoms with Crippen molar-refractivity contribution < 1.29 is 5.11 Å². The lowest BCUT2D eigenvalue weighted by Gasteiger charge is -1.92. The summed E-state index contributed by atoms with van der Waals surface area (Å²) in [6.07, 6.45) is 7.90. The van der Waals surface area contributed by atoms with Gasteiger partial charge in [0.05, 0.1) is 11.8 Å². The quantitative estimate of drug-likeness (QED) is 0.766. The third-order valence-corrected chi connectivity index (χ3v) is 1.90. The van der Waals surface area contributed by atoms with Gasteiger partial charge in [0.25, 0.3) is 0 Å². The van der Waals surface area contributed by atoms with Crippen LogP contribution in [0, 0.1) is 0 Å². The Hall–Kier alpha value is -1.68. The molecule has 0 saturated carbocycles. The molecule has 2 N–H and O–H groups in total. The van der Waals surface area contributed by atoms with E-state index in [2.05, 4.69) is 15.0 Å². The van der Waals surface area contributed by atoms with Crippen LogP contribution in [-0.2, 0) is 0 Å². The Morgan fingerprint density at radius 1 is 1.43 bits per heavy atom. The summed E-state index contributed by atoms with van der Waals surface area (Å²) in [6, 6.07) is 1.98. The van der Waals surface area contributed by atoms with Gasteiger partial charge in [0.1, 0.15) is 0 Å². The first kappa shape index (κ1) is 8.90. The lowest BCUT2D eigenvalue weighted by molar-refractivity contribution is 0.303. The third kappa shape index (κ3) is 1.80. The molecule has 0 bridgehead atoms. The summed E-state index contributed by atoms with van der Waals surface area (Å²) in [5, 5.41) is 8.60. The Balaban J connectivity index is 2.25. The SMILES string of the molecule is OCCC=Cc1cnc2nc[nH]c2c1. The normalized spacial score (nSPS) is 11.5. The number of pyridine rings is 1. The molecule has 0 fully saturated rings. The van der Waals surface area contributed by atoms with Gasteiger partial charge in [-0.3, -0.25) is 0 Å². The maximum absolute atomic E-state index is 8.60. The second kappa shape index (κ2) is 4.02. The molecule has 72 valence electrons. The van der Waals surface area contributed by atoms with E-state index in [1.165, 1.54) is 0 Å². The number of nitrogens with one attached hydrogen (secondary N) is 1. The molecule has 0 aliphatic carbocycles. The Morgan fingerprint density at radius 2 is 2.36 bits per heavy atom. The number of H-pyrrole nitrogens is 1. The first-order valence-corrected chi connectivity index (χ1v) is 4.46. The second-order valence-corrected chi connectivity index (χ2v) is 2.96. The fourth-order valence-corrected chi connectivity index (χ4v) is 1.23. The number of aliphatic hydroxyl groups excluding tert-OH is 1. The molecule has 0 aliphatic rings. The molecule has 2 rings (SSSR count). The Bertz CT molecular complexity index is 447. The second-order valence-electron chi connectivity index (χ2n) is 2.96. The Labute approximate surface area is 81.3 Å². The van der Waals surface area contributed by atoms with Crippen LogP contribution in [0.5, 0.6) is 0 Å². The van der Waals surface area contributed by atoms with Crippen LogP contribution < -0.4 is 0 Å². The Morgan fingerprint density at radius 3 is 3.21 bits per heavy atom. The van der Waals surface area contributed by atoms with Gasteiger partial charge in [-0.2, -0.15) is 0 Å². The van der Waals surface area contributed by atoms with Crippen molar-refractivity contribution in [3.63, 3.8) is 0 Å². The molecule has 14 heavy (non-hydrogen) atoms. The standard InChI is InChI=1S/C10H11N3O/c14-4-2-1-3-8-5-9-10(11-6-8)13-7-12-9/h1,3,5-7,14H,2,4H2,(H,11,12,13). The molecule has 2 heterocycles. The number of fused-ring (bicyclic) bond motifs is 1. The maximum Gasteiger partial charge on any atom is 0.177 e. The molecular formula is C10H11N3O. The van der Waals surface area contributed by atoms with E-state index in [0.717, 1.165) is 16.7 Å². The van der Waals surface area contributed by atoms with Gasteiger partial charge >= 0.3 is 0 Å². The third-order valence-electron chi connectivity index (χ3n) is 1.90. The van der Waals surface area contributed by atoms with Gasteiger partial charge in [0.2, 0.25) is 0 Å². The highest BCUT2D eigenvalue weighted by Crippen LogP contribution is 2.09. The van der Waals surface area contributed by atoms with E-state index in [-0.39, 0.29) is 6.61 Å². The summed E-state index contributed by atoms with van der Waals surface area (Å²) in [6.45, 7) is 0.177. The molecule has 4 nitrogen and oxygen atoms in total. The molecule has 0 saturated heterocycles. The van der Waals surface area contributed by atoms with Crippen molar-refractivity contribution in [2.75, 3.05) is 6.61 Å². The summed E-state index contributed by atoms with van der Waals surface area (Å²) >= 11 is 0. The van der Waals surface area contributed by atoms with Crippen LogP contribution in [0.3, 0.4) is 0 Å². The van der Waals surface area contributed by atoms with Gasteiger partial charge in [0, 0.05) is 12.8 Å². The molecule has 0 amide bonds. The van der Waals surface area contributed by atoms with E-state index >= 15 is 0 Å². The van der Waals surface area contributed by atoms with Crippen LogP contribution >= 0.6 is 0 Å². The number of aromatic amines is 1. The molecule has 0 spiro atoms. The van der Waals surface area contributed by atoms with Crippen molar-refractivity contribution in [1.29, 1.82) is 0 Å². The number of aliphatic hydroxyl groups is 1. The number of aromatic nitrogens is 3. The lowest BCUT2D eigenvalue weighted by atomic mass is 10.2. The molecule has 0 unspecified atom stereocenters. The average Bonchev–Trinajstić information content (AvgIpc) is 2.65. The van der Waals surface area contributed by atoms with Gasteiger partial charge in [-0.25, -0.2) is 9.97 Å². The van der Waals surface area contributed by atoms with Gasteiger partial charge in [-0.1, -0.05) is 12.2 Å². The highest BCUT2D eigenvalue weighted by molar-refractivity contribution is 5.72. The average molecular weight is 189 g/mol. The van der Waals surface area contributed by atoms with E-state index in [0.29, 0.717) is 6.42 Å². The van der Waals surface area contributed by atoms with Crippen LogP contribution in [0.15, 0.2) is 24.7 Å². The van der Waals surface area contributed by atoms with E-state index in [1.54, 1.807) is 12.5 Å². The van der Waals surface area contributed by atoms with E-state index < -0.39 is 0 Å². The molecule has 0 radical (unpaired) electrons. The Kier molecular flexibility index (Phi) is 2.55. The number of imidazole rings is 1. The fraction of sp³-hybridized carbons (Fsp3) is 0.200. The zero-order valence-electron chi connectivity index (χ0n) is 7.64. The largest absolute Gasteiger partial charge is 0.396 e. The fourth-order valence-electron chi connectivity index (χ4n) is 1.23. The number of hydrogen-bond acceptors (Lipinski definition) is 3. The number of hydrogen-bond donors (Lipinski definition) is 2. The highest BCUT2D eigenvalue weighted by atomic mass is 16.2. The molecular weight excluding hydrogens is 178 g/mol. The molecule has 2 aromatic heterocycles. The minimum absolute atomic E-state index is 0.177. The van der Waals surface area contributed by atoms with Crippen molar-refractivity contribution in [3.8, 4) is 0 Å². The monoisotopic (exact) mass is 189 g/mol. The molecule has 2 aromatic rings. The lowest BCUT2D eigenvalue weighted by Crippen LogP contribution is -1.80. The van der Waals surface area contributed by atoms with Crippen molar-refractivity contribution >= 4 is 17.2 Å². The molecule has 0 atom stereocenters. The number of nitrogens with zero attached hydrogens (tertiary/aromatic N) is 2. The van der Waals surface area contributed by atoms with Crippen LogP contribution in [0.25, 0.3) is 17.2 Å². The van der Waals surface area contributed by atoms with Gasteiger partial charge in [0.15, 0.2) is 5.65 Å². The topological polar surface area (TPSA) is 61.8 Å². The molecule has 0 aromatic carbocycles. The van der Waals surface area contributed by atoms with Crippen molar-refractivity contribution in [1.82, 2.24) is 15.0 Å². The zero-order valence-corrected chi connectivity index (χ0v) is 7.64.